The van der Waals surface area contributed by atoms with E-state index in [1.165, 1.54) is 25.7 Å². The van der Waals surface area contributed by atoms with Crippen LogP contribution in [0.15, 0.2) is 0 Å². The summed E-state index contributed by atoms with van der Waals surface area (Å²) in [6, 6.07) is 0. The molecule has 0 heterocycles. The van der Waals surface area contributed by atoms with Gasteiger partial charge in [-0.1, -0.05) is 51.4 Å². The van der Waals surface area contributed by atoms with Crippen LogP contribution >= 0.6 is 0 Å². The minimum absolute atomic E-state index is 0. The molecular weight excluding hydrogens is 256 g/mol. The van der Waals surface area contributed by atoms with Gasteiger partial charge in [0.25, 0.3) is 0 Å². The molecule has 2 fully saturated rings. The quantitative estimate of drug-likeness (QED) is 0.569. The van der Waals surface area contributed by atoms with Crippen LogP contribution in [0.3, 0.4) is 0 Å². The average molecular weight is 291 g/mol. The summed E-state index contributed by atoms with van der Waals surface area (Å²) in [4.78, 5) is 0. The lowest BCUT2D eigenvalue weighted by molar-refractivity contribution is 0.240. The van der Waals surface area contributed by atoms with E-state index in [1.54, 1.807) is 25.7 Å². The maximum Gasteiger partial charge on any atom is 0.304 e. The smallest absolute Gasteiger partial charge is 0.304 e. The maximum atomic E-state index is 4.99. The third-order valence-corrected chi connectivity index (χ3v) is 5.19. The first-order chi connectivity index (χ1) is 8.38. The van der Waals surface area contributed by atoms with E-state index in [4.69, 9.17) is 8.85 Å². The standard InChI is InChI=1S/C10H18.C4H12O2Si.H4Si/c1-2-6-9(5-1)10-7-3-4-8-10;1-3-5-7-6-4-2;/h9-10H,1-8H2;3-4,7H2,1-2H3;1H4. The van der Waals surface area contributed by atoms with Crippen molar-refractivity contribution in [3.8, 4) is 0 Å². The molecule has 0 aromatic rings. The molecule has 0 spiro atoms. The first-order valence-electron chi connectivity index (χ1n) is 7.54. The van der Waals surface area contributed by atoms with E-state index in [2.05, 4.69) is 0 Å². The SMILES string of the molecule is C1CCC(C2CCCC2)C1.CCO[SiH2]OCC.[SiH4]. The molecule has 2 rings (SSSR count). The first kappa shape index (κ1) is 18.4. The molecule has 0 unspecified atom stereocenters. The Kier molecular flexibility index (Phi) is 12.6. The van der Waals surface area contributed by atoms with Crippen LogP contribution in [0.4, 0.5) is 0 Å². The summed E-state index contributed by atoms with van der Waals surface area (Å²) in [6.45, 7) is 5.55. The Hall–Kier alpha value is 0.354. The van der Waals surface area contributed by atoms with E-state index in [1.807, 2.05) is 13.8 Å². The van der Waals surface area contributed by atoms with Crippen molar-refractivity contribution in [1.82, 2.24) is 0 Å². The van der Waals surface area contributed by atoms with Gasteiger partial charge < -0.3 is 8.85 Å². The Morgan fingerprint density at radius 3 is 1.39 bits per heavy atom. The van der Waals surface area contributed by atoms with Crippen LogP contribution in [0, 0.1) is 11.8 Å². The van der Waals surface area contributed by atoms with Crippen LogP contribution in [0.25, 0.3) is 0 Å². The predicted octanol–water partition coefficient (Wildman–Crippen LogP) is 1.97. The fraction of sp³-hybridized carbons (Fsp3) is 1.00. The van der Waals surface area contributed by atoms with Crippen molar-refractivity contribution in [2.75, 3.05) is 13.2 Å². The van der Waals surface area contributed by atoms with E-state index < -0.39 is 10.0 Å². The second-order valence-electron chi connectivity index (χ2n) is 5.19. The normalized spacial score (nSPS) is 20.3. The van der Waals surface area contributed by atoms with Gasteiger partial charge in [0.2, 0.25) is 0 Å². The molecule has 0 aromatic heterocycles. The lowest BCUT2D eigenvalue weighted by Crippen LogP contribution is -2.06. The molecule has 4 heteroatoms. The van der Waals surface area contributed by atoms with E-state index in [0.29, 0.717) is 0 Å². The summed E-state index contributed by atoms with van der Waals surface area (Å²) in [5, 5.41) is 0. The molecule has 2 aliphatic rings. The molecule has 0 amide bonds. The Morgan fingerprint density at radius 1 is 0.778 bits per heavy atom. The van der Waals surface area contributed by atoms with Gasteiger partial charge in [-0.05, 0) is 36.6 Å². The van der Waals surface area contributed by atoms with Crippen molar-refractivity contribution in [2.45, 2.75) is 65.2 Å². The van der Waals surface area contributed by atoms with Gasteiger partial charge in [0.1, 0.15) is 0 Å². The van der Waals surface area contributed by atoms with Crippen molar-refractivity contribution >= 4 is 21.0 Å². The van der Waals surface area contributed by atoms with E-state index >= 15 is 0 Å². The molecule has 0 atom stereocenters. The van der Waals surface area contributed by atoms with Crippen LogP contribution in [-0.4, -0.2) is 34.2 Å². The van der Waals surface area contributed by atoms with Crippen LogP contribution < -0.4 is 0 Å². The van der Waals surface area contributed by atoms with Gasteiger partial charge in [0.15, 0.2) is 0 Å². The summed E-state index contributed by atoms with van der Waals surface area (Å²) in [5.41, 5.74) is 0. The van der Waals surface area contributed by atoms with Crippen molar-refractivity contribution < 1.29 is 8.85 Å². The van der Waals surface area contributed by atoms with Crippen LogP contribution in [-0.2, 0) is 8.85 Å². The topological polar surface area (TPSA) is 18.5 Å². The highest BCUT2D eigenvalue weighted by molar-refractivity contribution is 6.17. The van der Waals surface area contributed by atoms with Crippen molar-refractivity contribution in [3.63, 3.8) is 0 Å². The second kappa shape index (κ2) is 12.4. The minimum Gasteiger partial charge on any atom is -0.399 e. The molecule has 0 aliphatic heterocycles. The summed E-state index contributed by atoms with van der Waals surface area (Å²) < 4.78 is 9.98. The summed E-state index contributed by atoms with van der Waals surface area (Å²) in [6.07, 6.45) is 12.4. The first-order valence-corrected chi connectivity index (χ1v) is 8.69. The van der Waals surface area contributed by atoms with Gasteiger partial charge in [-0.3, -0.25) is 0 Å². The molecule has 2 nitrogen and oxygen atoms in total. The largest absolute Gasteiger partial charge is 0.399 e. The predicted molar refractivity (Wildman–Crippen MR) is 87.0 cm³/mol. The number of hydrogen-bond donors (Lipinski definition) is 0. The molecule has 2 saturated carbocycles. The Balaban J connectivity index is 0.000000326. The zero-order chi connectivity index (χ0) is 12.3. The highest BCUT2D eigenvalue weighted by Crippen LogP contribution is 2.39. The minimum atomic E-state index is -0.589. The summed E-state index contributed by atoms with van der Waals surface area (Å²) >= 11 is 0. The van der Waals surface area contributed by atoms with Crippen molar-refractivity contribution in [1.29, 1.82) is 0 Å². The van der Waals surface area contributed by atoms with Gasteiger partial charge in [-0.2, -0.15) is 0 Å². The molecule has 2 aliphatic carbocycles. The highest BCUT2D eigenvalue weighted by Gasteiger charge is 2.26. The lowest BCUT2D eigenvalue weighted by Gasteiger charge is -2.16. The molecule has 0 radical (unpaired) electrons. The molecule has 0 N–H and O–H groups in total. The lowest BCUT2D eigenvalue weighted by atomic mass is 9.90. The molecule has 0 saturated heterocycles. The zero-order valence-electron chi connectivity index (χ0n) is 11.7. The molecular formula is C14H34O2Si2. The monoisotopic (exact) mass is 290 g/mol. The van der Waals surface area contributed by atoms with Gasteiger partial charge in [-0.25, -0.2) is 0 Å². The van der Waals surface area contributed by atoms with E-state index in [9.17, 15) is 0 Å². The van der Waals surface area contributed by atoms with Crippen LogP contribution in [0.2, 0.25) is 0 Å². The van der Waals surface area contributed by atoms with Gasteiger partial charge >= 0.3 is 10.0 Å². The third-order valence-electron chi connectivity index (χ3n) is 4.04. The zero-order valence-corrected chi connectivity index (χ0v) is 13.2. The summed E-state index contributed by atoms with van der Waals surface area (Å²) in [5.74, 6) is 2.31. The van der Waals surface area contributed by atoms with E-state index in [-0.39, 0.29) is 11.0 Å². The molecule has 0 bridgehead atoms. The second-order valence-corrected chi connectivity index (χ2v) is 6.24. The van der Waals surface area contributed by atoms with Crippen molar-refractivity contribution in [3.05, 3.63) is 0 Å². The van der Waals surface area contributed by atoms with Gasteiger partial charge in [-0.15, -0.1) is 0 Å². The Morgan fingerprint density at radius 2 is 1.11 bits per heavy atom. The highest BCUT2D eigenvalue weighted by atomic mass is 28.3. The van der Waals surface area contributed by atoms with Crippen molar-refractivity contribution in [2.24, 2.45) is 11.8 Å². The Bertz CT molecular complexity index is 149. The van der Waals surface area contributed by atoms with Gasteiger partial charge in [0.05, 0.1) is 0 Å². The maximum absolute atomic E-state index is 4.99. The molecule has 18 heavy (non-hydrogen) atoms. The van der Waals surface area contributed by atoms with Crippen LogP contribution in [0.5, 0.6) is 0 Å². The Labute approximate surface area is 120 Å². The van der Waals surface area contributed by atoms with Crippen LogP contribution in [0.1, 0.15) is 65.2 Å². The number of rotatable bonds is 5. The average Bonchev–Trinajstić information content (AvgIpc) is 3.03. The van der Waals surface area contributed by atoms with Gasteiger partial charge in [0, 0.05) is 13.2 Å². The number of hydrogen-bond acceptors (Lipinski definition) is 2. The summed E-state index contributed by atoms with van der Waals surface area (Å²) in [7, 11) is -0.589. The molecule has 0 aromatic carbocycles. The third kappa shape index (κ3) is 7.72. The fourth-order valence-corrected chi connectivity index (χ4v) is 3.53. The van der Waals surface area contributed by atoms with E-state index in [0.717, 1.165) is 25.0 Å². The fourth-order valence-electron chi connectivity index (χ4n) is 3.08. The molecule has 110 valence electrons.